The maximum atomic E-state index is 11.6. The van der Waals surface area contributed by atoms with Crippen molar-refractivity contribution in [3.63, 3.8) is 0 Å². The monoisotopic (exact) mass is 252 g/mol. The van der Waals surface area contributed by atoms with Gasteiger partial charge in [-0.05, 0) is 26.0 Å². The van der Waals surface area contributed by atoms with E-state index in [1.807, 2.05) is 12.1 Å². The Bertz CT molecular complexity index is 405. The number of ether oxygens (including phenoxy) is 1. The minimum atomic E-state index is -0.608. The molecule has 1 aromatic rings. The third kappa shape index (κ3) is 4.63. The predicted octanol–water partition coefficient (Wildman–Crippen LogP) is 0.925. The summed E-state index contributed by atoms with van der Waals surface area (Å²) in [4.78, 5) is 11.6. The van der Waals surface area contributed by atoms with Crippen molar-refractivity contribution in [3.05, 3.63) is 24.3 Å². The number of nitrogens with one attached hydrogen (secondary N) is 1. The van der Waals surface area contributed by atoms with Crippen LogP contribution in [-0.2, 0) is 4.79 Å². The number of hydrogen-bond acceptors (Lipinski definition) is 4. The lowest BCUT2D eigenvalue weighted by atomic mass is 10.1. The predicted molar refractivity (Wildman–Crippen MR) is 70.3 cm³/mol. The van der Waals surface area contributed by atoms with E-state index in [9.17, 15) is 4.79 Å². The SMILES string of the molecule is CC(C)(CO)NC(=O)CCOc1ccccc1N. The summed E-state index contributed by atoms with van der Waals surface area (Å²) < 4.78 is 5.41. The van der Waals surface area contributed by atoms with E-state index in [1.54, 1.807) is 26.0 Å². The summed E-state index contributed by atoms with van der Waals surface area (Å²) in [7, 11) is 0. The standard InChI is InChI=1S/C13H20N2O3/c1-13(2,9-16)15-12(17)7-8-18-11-6-4-3-5-10(11)14/h3-6,16H,7-9,14H2,1-2H3,(H,15,17). The van der Waals surface area contributed by atoms with Crippen LogP contribution >= 0.6 is 0 Å². The molecule has 0 saturated heterocycles. The van der Waals surface area contributed by atoms with Gasteiger partial charge in [-0.15, -0.1) is 0 Å². The number of rotatable bonds is 6. The van der Waals surface area contributed by atoms with E-state index in [4.69, 9.17) is 15.6 Å². The molecule has 0 aliphatic heterocycles. The summed E-state index contributed by atoms with van der Waals surface area (Å²) in [6.07, 6.45) is 0.220. The normalized spacial score (nSPS) is 11.1. The Morgan fingerprint density at radius 3 is 2.72 bits per heavy atom. The van der Waals surface area contributed by atoms with E-state index < -0.39 is 5.54 Å². The quantitative estimate of drug-likeness (QED) is 0.657. The summed E-state index contributed by atoms with van der Waals surface area (Å²) in [6.45, 7) is 3.65. The van der Waals surface area contributed by atoms with Crippen LogP contribution < -0.4 is 15.8 Å². The van der Waals surface area contributed by atoms with Gasteiger partial charge in [-0.25, -0.2) is 0 Å². The van der Waals surface area contributed by atoms with Crippen molar-refractivity contribution in [2.45, 2.75) is 25.8 Å². The molecular formula is C13H20N2O3. The number of anilines is 1. The summed E-state index contributed by atoms with van der Waals surface area (Å²) in [5.74, 6) is 0.412. The second-order valence-electron chi connectivity index (χ2n) is 4.73. The summed E-state index contributed by atoms with van der Waals surface area (Å²) in [5, 5.41) is 11.7. The Morgan fingerprint density at radius 1 is 1.44 bits per heavy atom. The number of hydrogen-bond donors (Lipinski definition) is 3. The molecule has 0 aromatic heterocycles. The highest BCUT2D eigenvalue weighted by molar-refractivity contribution is 5.76. The molecule has 0 fully saturated rings. The van der Waals surface area contributed by atoms with Crippen molar-refractivity contribution < 1.29 is 14.6 Å². The highest BCUT2D eigenvalue weighted by Gasteiger charge is 2.18. The number of amides is 1. The Balaban J connectivity index is 2.34. The van der Waals surface area contributed by atoms with Crippen LogP contribution in [0.3, 0.4) is 0 Å². The Labute approximate surface area is 107 Å². The van der Waals surface area contributed by atoms with Crippen LogP contribution in [0.4, 0.5) is 5.69 Å². The number of benzene rings is 1. The molecule has 0 radical (unpaired) electrons. The molecule has 1 rings (SSSR count). The molecule has 4 N–H and O–H groups in total. The van der Waals surface area contributed by atoms with E-state index in [0.29, 0.717) is 11.4 Å². The minimum absolute atomic E-state index is 0.106. The number of para-hydroxylation sites is 2. The van der Waals surface area contributed by atoms with Gasteiger partial charge in [0.15, 0.2) is 0 Å². The van der Waals surface area contributed by atoms with Crippen molar-refractivity contribution in [1.82, 2.24) is 5.32 Å². The maximum Gasteiger partial charge on any atom is 0.223 e. The van der Waals surface area contributed by atoms with E-state index in [0.717, 1.165) is 0 Å². The van der Waals surface area contributed by atoms with Gasteiger partial charge in [0.1, 0.15) is 5.75 Å². The van der Waals surface area contributed by atoms with Crippen LogP contribution in [0.5, 0.6) is 5.75 Å². The molecule has 100 valence electrons. The fraction of sp³-hybridized carbons (Fsp3) is 0.462. The summed E-state index contributed by atoms with van der Waals surface area (Å²) in [6, 6.07) is 7.13. The van der Waals surface area contributed by atoms with Gasteiger partial charge in [0.2, 0.25) is 5.91 Å². The fourth-order valence-corrected chi connectivity index (χ4v) is 1.35. The van der Waals surface area contributed by atoms with E-state index in [2.05, 4.69) is 5.32 Å². The van der Waals surface area contributed by atoms with E-state index >= 15 is 0 Å². The van der Waals surface area contributed by atoms with Crippen LogP contribution in [0.1, 0.15) is 20.3 Å². The highest BCUT2D eigenvalue weighted by Crippen LogP contribution is 2.19. The molecule has 5 heteroatoms. The average Bonchev–Trinajstić information content (AvgIpc) is 2.31. The lowest BCUT2D eigenvalue weighted by molar-refractivity contribution is -0.123. The fourth-order valence-electron chi connectivity index (χ4n) is 1.35. The Kier molecular flexibility index (Phi) is 4.97. The van der Waals surface area contributed by atoms with Crippen LogP contribution in [0.2, 0.25) is 0 Å². The molecular weight excluding hydrogens is 232 g/mol. The zero-order valence-corrected chi connectivity index (χ0v) is 10.8. The van der Waals surface area contributed by atoms with Crippen LogP contribution in [0, 0.1) is 0 Å². The molecule has 1 aromatic carbocycles. The molecule has 0 aliphatic carbocycles. The molecule has 18 heavy (non-hydrogen) atoms. The van der Waals surface area contributed by atoms with Crippen molar-refractivity contribution in [3.8, 4) is 5.75 Å². The molecule has 0 saturated carbocycles. The van der Waals surface area contributed by atoms with Gasteiger partial charge in [0, 0.05) is 0 Å². The van der Waals surface area contributed by atoms with Gasteiger partial charge in [-0.1, -0.05) is 12.1 Å². The van der Waals surface area contributed by atoms with Crippen LogP contribution in [-0.4, -0.2) is 29.8 Å². The Morgan fingerprint density at radius 2 is 2.11 bits per heavy atom. The van der Waals surface area contributed by atoms with Gasteiger partial charge >= 0.3 is 0 Å². The number of aliphatic hydroxyl groups is 1. The van der Waals surface area contributed by atoms with E-state index in [1.165, 1.54) is 0 Å². The molecule has 0 unspecified atom stereocenters. The summed E-state index contributed by atoms with van der Waals surface area (Å²) in [5.41, 5.74) is 5.64. The number of aliphatic hydroxyl groups excluding tert-OH is 1. The largest absolute Gasteiger partial charge is 0.491 e. The number of nitrogen functional groups attached to an aromatic ring is 1. The zero-order chi connectivity index (χ0) is 13.6. The van der Waals surface area contributed by atoms with Gasteiger partial charge in [-0.2, -0.15) is 0 Å². The van der Waals surface area contributed by atoms with Gasteiger partial charge in [-0.3, -0.25) is 4.79 Å². The first-order chi connectivity index (χ1) is 8.44. The maximum absolute atomic E-state index is 11.6. The van der Waals surface area contributed by atoms with Gasteiger partial charge in [0.05, 0.1) is 30.9 Å². The number of nitrogens with two attached hydrogens (primary N) is 1. The molecule has 0 atom stereocenters. The number of carbonyl (C=O) groups excluding carboxylic acids is 1. The lowest BCUT2D eigenvalue weighted by Crippen LogP contribution is -2.46. The molecule has 0 bridgehead atoms. The van der Waals surface area contributed by atoms with Crippen LogP contribution in [0.15, 0.2) is 24.3 Å². The average molecular weight is 252 g/mol. The topological polar surface area (TPSA) is 84.6 Å². The van der Waals surface area contributed by atoms with Crippen molar-refractivity contribution in [2.75, 3.05) is 18.9 Å². The second kappa shape index (κ2) is 6.26. The lowest BCUT2D eigenvalue weighted by Gasteiger charge is -2.23. The Hall–Kier alpha value is -1.75. The first-order valence-corrected chi connectivity index (χ1v) is 5.84. The second-order valence-corrected chi connectivity index (χ2v) is 4.73. The van der Waals surface area contributed by atoms with Crippen molar-refractivity contribution in [2.24, 2.45) is 0 Å². The summed E-state index contributed by atoms with van der Waals surface area (Å²) >= 11 is 0. The third-order valence-corrected chi connectivity index (χ3v) is 2.38. The minimum Gasteiger partial charge on any atom is -0.491 e. The molecule has 0 aliphatic rings. The first-order valence-electron chi connectivity index (χ1n) is 5.84. The number of carbonyl (C=O) groups is 1. The highest BCUT2D eigenvalue weighted by atomic mass is 16.5. The van der Waals surface area contributed by atoms with Gasteiger partial charge < -0.3 is 20.9 Å². The van der Waals surface area contributed by atoms with Crippen LogP contribution in [0.25, 0.3) is 0 Å². The smallest absolute Gasteiger partial charge is 0.223 e. The van der Waals surface area contributed by atoms with Crippen molar-refractivity contribution in [1.29, 1.82) is 0 Å². The molecule has 0 heterocycles. The van der Waals surface area contributed by atoms with E-state index in [-0.39, 0.29) is 25.5 Å². The molecule has 1 amide bonds. The third-order valence-electron chi connectivity index (χ3n) is 2.38. The zero-order valence-electron chi connectivity index (χ0n) is 10.8. The molecule has 0 spiro atoms. The molecule has 5 nitrogen and oxygen atoms in total. The first kappa shape index (κ1) is 14.3. The van der Waals surface area contributed by atoms with Gasteiger partial charge in [0.25, 0.3) is 0 Å². The van der Waals surface area contributed by atoms with Crippen molar-refractivity contribution >= 4 is 11.6 Å².